The van der Waals surface area contributed by atoms with Crippen LogP contribution < -0.4 is 0 Å². The van der Waals surface area contributed by atoms with Crippen LogP contribution in [0.4, 0.5) is 0 Å². The van der Waals surface area contributed by atoms with Crippen LogP contribution in [0.15, 0.2) is 5.38 Å². The monoisotopic (exact) mass is 302 g/mol. The SMILES string of the molecule is CCCCCN(C(=O)Cc1nc(CCl)cs1)C(C)C. The Morgan fingerprint density at radius 2 is 2.21 bits per heavy atom. The number of thiazole rings is 1. The van der Waals surface area contributed by atoms with Crippen molar-refractivity contribution < 1.29 is 4.79 Å². The number of unbranched alkanes of at least 4 members (excludes halogenated alkanes) is 2. The summed E-state index contributed by atoms with van der Waals surface area (Å²) in [5.74, 6) is 0.580. The predicted octanol–water partition coefficient (Wildman–Crippen LogP) is 3.85. The first kappa shape index (κ1) is 16.4. The lowest BCUT2D eigenvalue weighted by atomic mass is 10.2. The Balaban J connectivity index is 2.56. The van der Waals surface area contributed by atoms with Crippen LogP contribution in [0.2, 0.25) is 0 Å². The average Bonchev–Trinajstić information content (AvgIpc) is 2.81. The number of hydrogen-bond acceptors (Lipinski definition) is 3. The number of alkyl halides is 1. The maximum absolute atomic E-state index is 12.3. The summed E-state index contributed by atoms with van der Waals surface area (Å²) in [6.07, 6.45) is 3.81. The van der Waals surface area contributed by atoms with E-state index in [1.807, 2.05) is 10.3 Å². The molecule has 0 unspecified atom stereocenters. The van der Waals surface area contributed by atoms with Crippen LogP contribution in [0.3, 0.4) is 0 Å². The molecule has 1 amide bonds. The lowest BCUT2D eigenvalue weighted by Crippen LogP contribution is -2.38. The van der Waals surface area contributed by atoms with Gasteiger partial charge in [0.2, 0.25) is 5.91 Å². The number of carbonyl (C=O) groups is 1. The Morgan fingerprint density at radius 3 is 2.74 bits per heavy atom. The van der Waals surface area contributed by atoms with Gasteiger partial charge in [-0.15, -0.1) is 22.9 Å². The summed E-state index contributed by atoms with van der Waals surface area (Å²) in [6.45, 7) is 7.15. The standard InChI is InChI=1S/C14H23ClN2OS/c1-4-5-6-7-17(11(2)3)14(18)8-13-16-12(9-15)10-19-13/h10-11H,4-9H2,1-3H3. The van der Waals surface area contributed by atoms with Crippen molar-refractivity contribution in [1.82, 2.24) is 9.88 Å². The molecule has 3 nitrogen and oxygen atoms in total. The van der Waals surface area contributed by atoms with Gasteiger partial charge < -0.3 is 4.90 Å². The molecule has 19 heavy (non-hydrogen) atoms. The van der Waals surface area contributed by atoms with Crippen molar-refractivity contribution in [2.24, 2.45) is 0 Å². The maximum Gasteiger partial charge on any atom is 0.229 e. The molecule has 0 spiro atoms. The maximum atomic E-state index is 12.3. The van der Waals surface area contributed by atoms with Crippen LogP contribution in [0, 0.1) is 0 Å². The smallest absolute Gasteiger partial charge is 0.229 e. The first-order chi connectivity index (χ1) is 9.08. The first-order valence-electron chi connectivity index (χ1n) is 6.87. The zero-order chi connectivity index (χ0) is 14.3. The highest BCUT2D eigenvalue weighted by Crippen LogP contribution is 2.14. The van der Waals surface area contributed by atoms with Crippen LogP contribution in [0.5, 0.6) is 0 Å². The van der Waals surface area contributed by atoms with Crippen LogP contribution in [-0.2, 0) is 17.1 Å². The molecule has 0 atom stereocenters. The van der Waals surface area contributed by atoms with Crippen LogP contribution in [0.25, 0.3) is 0 Å². The fourth-order valence-electron chi connectivity index (χ4n) is 1.93. The quantitative estimate of drug-likeness (QED) is 0.540. The highest BCUT2D eigenvalue weighted by Gasteiger charge is 2.18. The van der Waals surface area contributed by atoms with E-state index in [0.29, 0.717) is 12.3 Å². The topological polar surface area (TPSA) is 33.2 Å². The molecule has 108 valence electrons. The highest BCUT2D eigenvalue weighted by molar-refractivity contribution is 7.09. The van der Waals surface area contributed by atoms with Crippen LogP contribution in [0.1, 0.15) is 50.7 Å². The van der Waals surface area contributed by atoms with E-state index < -0.39 is 0 Å². The van der Waals surface area contributed by atoms with Crippen molar-refractivity contribution in [3.05, 3.63) is 16.1 Å². The molecule has 0 bridgehead atoms. The second-order valence-electron chi connectivity index (χ2n) is 4.93. The Labute approximate surface area is 125 Å². The van der Waals surface area contributed by atoms with Gasteiger partial charge in [0.15, 0.2) is 0 Å². The van der Waals surface area contributed by atoms with E-state index in [2.05, 4.69) is 25.8 Å². The number of aromatic nitrogens is 1. The van der Waals surface area contributed by atoms with Crippen molar-refractivity contribution in [2.45, 2.75) is 58.4 Å². The number of hydrogen-bond donors (Lipinski definition) is 0. The number of halogens is 1. The van der Waals surface area contributed by atoms with Gasteiger partial charge in [-0.05, 0) is 20.3 Å². The van der Waals surface area contributed by atoms with Crippen molar-refractivity contribution >= 4 is 28.8 Å². The minimum atomic E-state index is 0.168. The molecule has 1 aromatic rings. The fourth-order valence-corrected chi connectivity index (χ4v) is 2.94. The third-order valence-corrected chi connectivity index (χ3v) is 4.16. The molecule has 0 saturated heterocycles. The van der Waals surface area contributed by atoms with Gasteiger partial charge >= 0.3 is 0 Å². The van der Waals surface area contributed by atoms with Gasteiger partial charge in [-0.3, -0.25) is 4.79 Å². The number of nitrogens with zero attached hydrogens (tertiary/aromatic N) is 2. The van der Waals surface area contributed by atoms with E-state index in [4.69, 9.17) is 11.6 Å². The third-order valence-electron chi connectivity index (χ3n) is 2.98. The Kier molecular flexibility index (Phi) is 7.39. The van der Waals surface area contributed by atoms with Crippen molar-refractivity contribution in [3.8, 4) is 0 Å². The molecular formula is C14H23ClN2OS. The van der Waals surface area contributed by atoms with Gasteiger partial charge in [0.05, 0.1) is 18.0 Å². The summed E-state index contributed by atoms with van der Waals surface area (Å²) in [5.41, 5.74) is 0.858. The first-order valence-corrected chi connectivity index (χ1v) is 8.28. The van der Waals surface area contributed by atoms with Gasteiger partial charge in [-0.25, -0.2) is 4.98 Å². The van der Waals surface area contributed by atoms with Crippen LogP contribution in [-0.4, -0.2) is 28.4 Å². The second-order valence-corrected chi connectivity index (χ2v) is 6.14. The molecular weight excluding hydrogens is 280 g/mol. The molecule has 0 fully saturated rings. The molecule has 5 heteroatoms. The molecule has 1 rings (SSSR count). The lowest BCUT2D eigenvalue weighted by Gasteiger charge is -2.26. The lowest BCUT2D eigenvalue weighted by molar-refractivity contribution is -0.132. The fraction of sp³-hybridized carbons (Fsp3) is 0.714. The van der Waals surface area contributed by atoms with Gasteiger partial charge in [0.25, 0.3) is 0 Å². The van der Waals surface area contributed by atoms with E-state index in [0.717, 1.165) is 23.7 Å². The van der Waals surface area contributed by atoms with E-state index in [1.165, 1.54) is 24.2 Å². The zero-order valence-electron chi connectivity index (χ0n) is 12.0. The molecule has 0 radical (unpaired) electrons. The summed E-state index contributed by atoms with van der Waals surface area (Å²) in [6, 6.07) is 0.247. The number of amides is 1. The molecule has 0 aliphatic heterocycles. The van der Waals surface area contributed by atoms with Gasteiger partial charge in [-0.1, -0.05) is 19.8 Å². The Bertz CT molecular complexity index is 393. The van der Waals surface area contributed by atoms with E-state index in [9.17, 15) is 4.79 Å². The van der Waals surface area contributed by atoms with Gasteiger partial charge in [0.1, 0.15) is 5.01 Å². The molecule has 0 aliphatic rings. The van der Waals surface area contributed by atoms with E-state index >= 15 is 0 Å². The molecule has 0 N–H and O–H groups in total. The summed E-state index contributed by atoms with van der Waals surface area (Å²) in [5, 5.41) is 2.79. The molecule has 1 heterocycles. The molecule has 0 aliphatic carbocycles. The zero-order valence-corrected chi connectivity index (χ0v) is 13.6. The normalized spacial score (nSPS) is 11.0. The summed E-state index contributed by atoms with van der Waals surface area (Å²) in [7, 11) is 0. The summed E-state index contributed by atoms with van der Waals surface area (Å²) >= 11 is 7.24. The van der Waals surface area contributed by atoms with Gasteiger partial charge in [-0.2, -0.15) is 0 Å². The van der Waals surface area contributed by atoms with Crippen molar-refractivity contribution in [2.75, 3.05) is 6.54 Å². The summed E-state index contributed by atoms with van der Waals surface area (Å²) < 4.78 is 0. The largest absolute Gasteiger partial charge is 0.340 e. The highest BCUT2D eigenvalue weighted by atomic mass is 35.5. The van der Waals surface area contributed by atoms with Gasteiger partial charge in [0, 0.05) is 18.0 Å². The van der Waals surface area contributed by atoms with E-state index in [1.54, 1.807) is 0 Å². The second kappa shape index (κ2) is 8.54. The molecule has 1 aromatic heterocycles. The number of carbonyl (C=O) groups excluding carboxylic acids is 1. The molecule has 0 saturated carbocycles. The molecule has 0 aromatic carbocycles. The van der Waals surface area contributed by atoms with Crippen LogP contribution >= 0.6 is 22.9 Å². The minimum Gasteiger partial charge on any atom is -0.340 e. The predicted molar refractivity (Wildman–Crippen MR) is 81.7 cm³/mol. The average molecular weight is 303 g/mol. The number of rotatable bonds is 8. The minimum absolute atomic E-state index is 0.168. The Hall–Kier alpha value is -0.610. The third kappa shape index (κ3) is 5.49. The van der Waals surface area contributed by atoms with E-state index in [-0.39, 0.29) is 11.9 Å². The van der Waals surface area contributed by atoms with Crippen molar-refractivity contribution in [1.29, 1.82) is 0 Å². The summed E-state index contributed by atoms with van der Waals surface area (Å²) in [4.78, 5) is 18.6. The van der Waals surface area contributed by atoms with Crippen molar-refractivity contribution in [3.63, 3.8) is 0 Å². The Morgan fingerprint density at radius 1 is 1.47 bits per heavy atom.